The van der Waals surface area contributed by atoms with Crippen LogP contribution in [-0.2, 0) is 9.53 Å². The molecule has 0 rings (SSSR count). The highest BCUT2D eigenvalue weighted by Gasteiger charge is 2.21. The smallest absolute Gasteiger partial charge is 0.407 e. The molecule has 0 aromatic carbocycles. The first-order chi connectivity index (χ1) is 9.03. The number of ether oxygens (including phenoxy) is 1. The number of Topliss-reactive ketones (excluding diaryl/α,β-unsaturated/α-hetero) is 1. The molecule has 116 valence electrons. The van der Waals surface area contributed by atoms with Gasteiger partial charge in [-0.05, 0) is 40.7 Å². The first-order valence-corrected chi connectivity index (χ1v) is 6.53. The lowest BCUT2D eigenvalue weighted by Crippen LogP contribution is -2.32. The number of aliphatic hydroxyl groups is 1. The van der Waals surface area contributed by atoms with Gasteiger partial charge in [-0.15, -0.1) is 0 Å². The summed E-state index contributed by atoms with van der Waals surface area (Å²) in [6, 6.07) is 0. The van der Waals surface area contributed by atoms with Crippen molar-refractivity contribution in [3.63, 3.8) is 0 Å². The number of carbonyl (C=O) groups is 2. The molecule has 2 unspecified atom stereocenters. The summed E-state index contributed by atoms with van der Waals surface area (Å²) in [5.74, 6) is -1.60. The molecule has 0 aliphatic carbocycles. The molecule has 0 aliphatic heterocycles. The summed E-state index contributed by atoms with van der Waals surface area (Å²) in [5.41, 5.74) is -0.613. The molecule has 0 radical (unpaired) electrons. The minimum Gasteiger partial charge on any atom is -0.444 e. The highest BCUT2D eigenvalue weighted by Crippen LogP contribution is 2.17. The number of carbonyl (C=O) groups excluding carboxylic acids is 2. The molecule has 0 heterocycles. The van der Waals surface area contributed by atoms with Crippen LogP contribution in [0.25, 0.3) is 0 Å². The lowest BCUT2D eigenvalue weighted by atomic mass is 9.95. The maximum atomic E-state index is 13.6. The van der Waals surface area contributed by atoms with Gasteiger partial charge in [-0.1, -0.05) is 0 Å². The third-order valence-corrected chi connectivity index (χ3v) is 2.49. The van der Waals surface area contributed by atoms with E-state index in [9.17, 15) is 19.1 Å². The van der Waals surface area contributed by atoms with Crippen LogP contribution in [0.3, 0.4) is 0 Å². The van der Waals surface area contributed by atoms with Gasteiger partial charge < -0.3 is 15.2 Å². The van der Waals surface area contributed by atoms with E-state index in [1.807, 2.05) is 0 Å². The summed E-state index contributed by atoms with van der Waals surface area (Å²) in [6.45, 7) is 7.89. The highest BCUT2D eigenvalue weighted by molar-refractivity contribution is 5.79. The summed E-state index contributed by atoms with van der Waals surface area (Å²) in [4.78, 5) is 22.5. The van der Waals surface area contributed by atoms with E-state index in [4.69, 9.17) is 4.74 Å². The van der Waals surface area contributed by atoms with Crippen molar-refractivity contribution in [1.82, 2.24) is 5.32 Å². The van der Waals surface area contributed by atoms with Crippen molar-refractivity contribution >= 4 is 11.9 Å². The van der Waals surface area contributed by atoms with E-state index in [1.165, 1.54) is 13.8 Å². The molecule has 2 N–H and O–H groups in total. The van der Waals surface area contributed by atoms with Gasteiger partial charge in [0.25, 0.3) is 0 Å². The number of allylic oxidation sites excluding steroid dienone is 1. The molecule has 1 amide bonds. The van der Waals surface area contributed by atoms with Crippen LogP contribution < -0.4 is 5.32 Å². The first kappa shape index (κ1) is 18.6. The number of amides is 1. The number of alkyl carbamates (subject to hydrolysis) is 1. The van der Waals surface area contributed by atoms with Gasteiger partial charge in [0, 0.05) is 18.9 Å². The molecule has 0 saturated carbocycles. The fourth-order valence-corrected chi connectivity index (χ4v) is 1.51. The largest absolute Gasteiger partial charge is 0.444 e. The zero-order chi connectivity index (χ0) is 15.9. The van der Waals surface area contributed by atoms with E-state index >= 15 is 0 Å². The van der Waals surface area contributed by atoms with Crippen molar-refractivity contribution < 1.29 is 23.8 Å². The van der Waals surface area contributed by atoms with Crippen LogP contribution in [0.4, 0.5) is 9.18 Å². The highest BCUT2D eigenvalue weighted by atomic mass is 19.1. The Morgan fingerprint density at radius 2 is 1.95 bits per heavy atom. The molecule has 0 aliphatic rings. The summed E-state index contributed by atoms with van der Waals surface area (Å²) in [6.07, 6.45) is -0.573. The van der Waals surface area contributed by atoms with Crippen LogP contribution in [0.1, 0.15) is 41.0 Å². The Labute approximate surface area is 119 Å². The van der Waals surface area contributed by atoms with Crippen molar-refractivity contribution in [2.24, 2.45) is 5.92 Å². The van der Waals surface area contributed by atoms with Gasteiger partial charge in [0.1, 0.15) is 11.4 Å². The monoisotopic (exact) mass is 289 g/mol. The van der Waals surface area contributed by atoms with Crippen molar-refractivity contribution in [1.29, 1.82) is 0 Å². The molecule has 5 nitrogen and oxygen atoms in total. The molecule has 2 atom stereocenters. The number of halogens is 1. The van der Waals surface area contributed by atoms with Crippen molar-refractivity contribution in [3.8, 4) is 0 Å². The summed E-state index contributed by atoms with van der Waals surface area (Å²) in [5, 5.41) is 11.7. The predicted octanol–water partition coefficient (Wildman–Crippen LogP) is 2.34. The van der Waals surface area contributed by atoms with Gasteiger partial charge >= 0.3 is 6.09 Å². The average Bonchev–Trinajstić information content (AvgIpc) is 2.22. The Morgan fingerprint density at radius 1 is 1.40 bits per heavy atom. The molecule has 0 bridgehead atoms. The Bertz CT molecular complexity index is 372. The van der Waals surface area contributed by atoms with Crippen LogP contribution in [0.15, 0.2) is 11.9 Å². The second-order valence-electron chi connectivity index (χ2n) is 5.70. The Morgan fingerprint density at radius 3 is 2.35 bits per heavy atom. The maximum Gasteiger partial charge on any atom is 0.407 e. The van der Waals surface area contributed by atoms with Crippen LogP contribution in [0.2, 0.25) is 0 Å². The predicted molar refractivity (Wildman–Crippen MR) is 73.9 cm³/mol. The van der Waals surface area contributed by atoms with Crippen LogP contribution in [0.5, 0.6) is 0 Å². The number of rotatable bonds is 6. The molecule has 0 aromatic heterocycles. The zero-order valence-corrected chi connectivity index (χ0v) is 12.7. The van der Waals surface area contributed by atoms with Crippen molar-refractivity contribution in [3.05, 3.63) is 11.9 Å². The summed E-state index contributed by atoms with van der Waals surface area (Å²) < 4.78 is 18.5. The molecular weight excluding hydrogens is 265 g/mol. The second-order valence-corrected chi connectivity index (χ2v) is 5.70. The Balaban J connectivity index is 4.27. The maximum absolute atomic E-state index is 13.6. The number of ketones is 1. The van der Waals surface area contributed by atoms with Gasteiger partial charge in [-0.25, -0.2) is 9.18 Å². The average molecular weight is 289 g/mol. The van der Waals surface area contributed by atoms with E-state index in [1.54, 1.807) is 20.8 Å². The SMILES string of the molecule is CC(=O)C(C/C(F)=C/CNC(=O)OC(C)(C)C)C(C)O. The van der Waals surface area contributed by atoms with Crippen LogP contribution >= 0.6 is 0 Å². The first-order valence-electron chi connectivity index (χ1n) is 6.53. The van der Waals surface area contributed by atoms with E-state index in [0.29, 0.717) is 0 Å². The third kappa shape index (κ3) is 8.63. The van der Waals surface area contributed by atoms with Gasteiger partial charge in [-0.3, -0.25) is 4.79 Å². The third-order valence-electron chi connectivity index (χ3n) is 2.49. The van der Waals surface area contributed by atoms with Crippen LogP contribution in [0, 0.1) is 5.92 Å². The molecular formula is C14H24FNO4. The summed E-state index contributed by atoms with van der Waals surface area (Å²) >= 11 is 0. The molecule has 0 aromatic rings. The normalized spacial score (nSPS) is 15.4. The molecule has 0 spiro atoms. The van der Waals surface area contributed by atoms with Gasteiger partial charge in [0.2, 0.25) is 0 Å². The van der Waals surface area contributed by atoms with Gasteiger partial charge in [0.05, 0.1) is 11.9 Å². The van der Waals surface area contributed by atoms with E-state index in [2.05, 4.69) is 5.32 Å². The van der Waals surface area contributed by atoms with Crippen molar-refractivity contribution in [2.75, 3.05) is 6.54 Å². The second kappa shape index (κ2) is 7.99. The molecule has 0 fully saturated rings. The standard InChI is InChI=1S/C14H24FNO4/c1-9(17)12(10(2)18)8-11(15)6-7-16-13(19)20-14(3,4)5/h6,9,12,17H,7-8H2,1-5H3,(H,16,19)/b11-6-. The number of aliphatic hydroxyl groups excluding tert-OH is 1. The number of nitrogens with one attached hydrogen (secondary N) is 1. The molecule has 20 heavy (non-hydrogen) atoms. The fraction of sp³-hybridized carbons (Fsp3) is 0.714. The molecule has 0 saturated heterocycles. The quantitative estimate of drug-likeness (QED) is 0.787. The Hall–Kier alpha value is -1.43. The van der Waals surface area contributed by atoms with E-state index < -0.39 is 29.5 Å². The van der Waals surface area contributed by atoms with Crippen LogP contribution in [-0.4, -0.2) is 35.2 Å². The minimum atomic E-state index is -0.912. The van der Waals surface area contributed by atoms with Crippen molar-refractivity contribution in [2.45, 2.75) is 52.7 Å². The lowest BCUT2D eigenvalue weighted by molar-refractivity contribution is -0.123. The fourth-order valence-electron chi connectivity index (χ4n) is 1.51. The Kier molecular flexibility index (Phi) is 7.42. The van der Waals surface area contributed by atoms with E-state index in [-0.39, 0.29) is 18.7 Å². The minimum absolute atomic E-state index is 0.0365. The molecule has 6 heteroatoms. The number of hydrogen-bond acceptors (Lipinski definition) is 4. The van der Waals surface area contributed by atoms with Gasteiger partial charge in [0.15, 0.2) is 0 Å². The zero-order valence-electron chi connectivity index (χ0n) is 12.7. The number of hydrogen-bond donors (Lipinski definition) is 2. The van der Waals surface area contributed by atoms with Gasteiger partial charge in [-0.2, -0.15) is 0 Å². The topological polar surface area (TPSA) is 75.6 Å². The van der Waals surface area contributed by atoms with E-state index in [0.717, 1.165) is 6.08 Å². The summed E-state index contributed by atoms with van der Waals surface area (Å²) in [7, 11) is 0. The lowest BCUT2D eigenvalue weighted by Gasteiger charge is -2.19.